The van der Waals surface area contributed by atoms with Crippen LogP contribution in [0.2, 0.25) is 0 Å². The van der Waals surface area contributed by atoms with Crippen LogP contribution in [-0.2, 0) is 0 Å². The molecule has 3 aromatic rings. The number of carbonyl (C=O) groups is 1. The number of alkyl halides is 1. The highest BCUT2D eigenvalue weighted by Crippen LogP contribution is 2.29. The summed E-state index contributed by atoms with van der Waals surface area (Å²) in [6.45, 7) is 2.24. The van der Waals surface area contributed by atoms with E-state index in [9.17, 15) is 9.18 Å². The van der Waals surface area contributed by atoms with Crippen LogP contribution in [0.15, 0.2) is 60.8 Å². The van der Waals surface area contributed by atoms with E-state index in [1.807, 2.05) is 48.5 Å². The predicted molar refractivity (Wildman–Crippen MR) is 102 cm³/mol. The number of carbonyl (C=O) groups excluding carboxylic acids is 1. The maximum atomic E-state index is 14.5. The summed E-state index contributed by atoms with van der Waals surface area (Å²) in [5, 5.41) is 1.16. The first-order chi connectivity index (χ1) is 12.7. The van der Waals surface area contributed by atoms with Gasteiger partial charge >= 0.3 is 0 Å². The molecule has 0 saturated carbocycles. The Labute approximate surface area is 153 Å². The van der Waals surface area contributed by atoms with Crippen molar-refractivity contribution in [2.75, 3.05) is 19.6 Å². The number of aldehydes is 1. The van der Waals surface area contributed by atoms with Gasteiger partial charge in [-0.1, -0.05) is 42.5 Å². The molecule has 3 nitrogen and oxygen atoms in total. The van der Waals surface area contributed by atoms with Crippen molar-refractivity contribution in [1.82, 2.24) is 9.47 Å². The van der Waals surface area contributed by atoms with Crippen LogP contribution >= 0.6 is 0 Å². The maximum Gasteiger partial charge on any atom is 0.150 e. The van der Waals surface area contributed by atoms with Gasteiger partial charge in [-0.3, -0.25) is 9.69 Å². The Kier molecular flexibility index (Phi) is 4.85. The molecule has 0 aliphatic carbocycles. The molecule has 1 atom stereocenters. The van der Waals surface area contributed by atoms with Gasteiger partial charge in [0, 0.05) is 43.0 Å². The number of hydrogen-bond donors (Lipinski definition) is 0. The SMILES string of the molecule is O=Cc1ccc2ccn(C3CCN(CC(F)c4ccccc4)CC3)c2c1. The molecule has 1 saturated heterocycles. The van der Waals surface area contributed by atoms with E-state index in [1.165, 1.54) is 0 Å². The minimum Gasteiger partial charge on any atom is -0.344 e. The fraction of sp³-hybridized carbons (Fsp3) is 0.318. The second-order valence-corrected chi connectivity index (χ2v) is 7.07. The van der Waals surface area contributed by atoms with E-state index >= 15 is 0 Å². The van der Waals surface area contributed by atoms with Gasteiger partial charge in [0.25, 0.3) is 0 Å². The molecular formula is C22H23FN2O. The summed E-state index contributed by atoms with van der Waals surface area (Å²) in [7, 11) is 0. The Bertz CT molecular complexity index is 882. The Morgan fingerprint density at radius 3 is 2.58 bits per heavy atom. The second-order valence-electron chi connectivity index (χ2n) is 7.07. The molecule has 4 heteroatoms. The van der Waals surface area contributed by atoms with E-state index in [2.05, 4.69) is 21.7 Å². The number of aromatic nitrogens is 1. The van der Waals surface area contributed by atoms with Crippen LogP contribution in [0.25, 0.3) is 10.9 Å². The molecule has 4 rings (SSSR count). The van der Waals surface area contributed by atoms with Crippen molar-refractivity contribution in [3.63, 3.8) is 0 Å². The van der Waals surface area contributed by atoms with Crippen molar-refractivity contribution < 1.29 is 9.18 Å². The predicted octanol–water partition coefficient (Wildman–Crippen LogP) is 4.80. The molecule has 2 aromatic carbocycles. The van der Waals surface area contributed by atoms with Crippen LogP contribution in [0.5, 0.6) is 0 Å². The molecule has 0 N–H and O–H groups in total. The number of benzene rings is 2. The van der Waals surface area contributed by atoms with Gasteiger partial charge in [-0.05, 0) is 35.9 Å². The molecular weight excluding hydrogens is 327 g/mol. The highest BCUT2D eigenvalue weighted by molar-refractivity contribution is 5.87. The van der Waals surface area contributed by atoms with Gasteiger partial charge in [-0.2, -0.15) is 0 Å². The number of nitrogens with zero attached hydrogens (tertiary/aromatic N) is 2. The summed E-state index contributed by atoms with van der Waals surface area (Å²) in [5.74, 6) is 0. The largest absolute Gasteiger partial charge is 0.344 e. The average molecular weight is 350 g/mol. The summed E-state index contributed by atoms with van der Waals surface area (Å²) in [6, 6.07) is 17.7. The first-order valence-corrected chi connectivity index (χ1v) is 9.22. The third kappa shape index (κ3) is 3.42. The Hall–Kier alpha value is -2.46. The highest BCUT2D eigenvalue weighted by atomic mass is 19.1. The van der Waals surface area contributed by atoms with Crippen LogP contribution in [0, 0.1) is 0 Å². The second kappa shape index (κ2) is 7.42. The van der Waals surface area contributed by atoms with Crippen LogP contribution in [0.4, 0.5) is 4.39 Å². The average Bonchev–Trinajstić information content (AvgIpc) is 3.12. The van der Waals surface area contributed by atoms with Gasteiger partial charge in [-0.15, -0.1) is 0 Å². The Balaban J connectivity index is 1.41. The number of piperidine rings is 1. The van der Waals surface area contributed by atoms with Crippen molar-refractivity contribution in [2.24, 2.45) is 0 Å². The van der Waals surface area contributed by atoms with Crippen LogP contribution < -0.4 is 0 Å². The number of halogens is 1. The normalized spacial score (nSPS) is 17.4. The van der Waals surface area contributed by atoms with Gasteiger partial charge in [0.05, 0.1) is 0 Å². The molecule has 1 unspecified atom stereocenters. The van der Waals surface area contributed by atoms with Gasteiger partial charge in [0.15, 0.2) is 0 Å². The third-order valence-corrected chi connectivity index (χ3v) is 5.41. The molecule has 1 aliphatic heterocycles. The molecule has 0 bridgehead atoms. The van der Waals surface area contributed by atoms with Gasteiger partial charge < -0.3 is 4.57 Å². The summed E-state index contributed by atoms with van der Waals surface area (Å²) in [5.41, 5.74) is 2.58. The lowest BCUT2D eigenvalue weighted by atomic mass is 10.0. The standard InChI is InChI=1S/C22H23FN2O/c23-21(18-4-2-1-3-5-18)15-24-11-9-20(10-12-24)25-13-8-19-7-6-17(16-26)14-22(19)25/h1-8,13-14,16,20-21H,9-12,15H2. The lowest BCUT2D eigenvalue weighted by molar-refractivity contribution is 0.112. The van der Waals surface area contributed by atoms with E-state index in [1.54, 1.807) is 0 Å². The zero-order valence-corrected chi connectivity index (χ0v) is 14.7. The molecule has 134 valence electrons. The molecule has 1 aliphatic rings. The van der Waals surface area contributed by atoms with Crippen molar-refractivity contribution in [3.05, 3.63) is 71.9 Å². The Morgan fingerprint density at radius 1 is 1.08 bits per heavy atom. The van der Waals surface area contributed by atoms with Gasteiger partial charge in [0.2, 0.25) is 0 Å². The van der Waals surface area contributed by atoms with E-state index in [4.69, 9.17) is 0 Å². The number of rotatable bonds is 5. The summed E-state index contributed by atoms with van der Waals surface area (Å²) >= 11 is 0. The van der Waals surface area contributed by atoms with Crippen molar-refractivity contribution >= 4 is 17.2 Å². The maximum absolute atomic E-state index is 14.5. The molecule has 1 fully saturated rings. The zero-order chi connectivity index (χ0) is 17.9. The highest BCUT2D eigenvalue weighted by Gasteiger charge is 2.23. The van der Waals surface area contributed by atoms with E-state index in [0.29, 0.717) is 18.2 Å². The Morgan fingerprint density at radius 2 is 1.85 bits per heavy atom. The number of hydrogen-bond acceptors (Lipinski definition) is 2. The topological polar surface area (TPSA) is 25.2 Å². The van der Waals surface area contributed by atoms with E-state index in [-0.39, 0.29) is 0 Å². The molecule has 1 aromatic heterocycles. The fourth-order valence-electron chi connectivity index (χ4n) is 3.93. The van der Waals surface area contributed by atoms with Gasteiger partial charge in [0.1, 0.15) is 12.5 Å². The first kappa shape index (κ1) is 17.0. The zero-order valence-electron chi connectivity index (χ0n) is 14.7. The number of fused-ring (bicyclic) bond motifs is 1. The monoisotopic (exact) mass is 350 g/mol. The van der Waals surface area contributed by atoms with Crippen molar-refractivity contribution in [3.8, 4) is 0 Å². The minimum atomic E-state index is -0.935. The smallest absolute Gasteiger partial charge is 0.150 e. The third-order valence-electron chi connectivity index (χ3n) is 5.41. The summed E-state index contributed by atoms with van der Waals surface area (Å²) < 4.78 is 16.8. The molecule has 26 heavy (non-hydrogen) atoms. The van der Waals surface area contributed by atoms with Crippen LogP contribution in [0.3, 0.4) is 0 Å². The minimum absolute atomic E-state index is 0.403. The van der Waals surface area contributed by atoms with Crippen LogP contribution in [-0.4, -0.2) is 35.4 Å². The number of likely N-dealkylation sites (tertiary alicyclic amines) is 1. The summed E-state index contributed by atoms with van der Waals surface area (Å²) in [6.07, 6.45) is 4.06. The van der Waals surface area contributed by atoms with Crippen molar-refractivity contribution in [2.45, 2.75) is 25.1 Å². The summed E-state index contributed by atoms with van der Waals surface area (Å²) in [4.78, 5) is 13.3. The van der Waals surface area contributed by atoms with Gasteiger partial charge in [-0.25, -0.2) is 4.39 Å². The lowest BCUT2D eigenvalue weighted by Gasteiger charge is -2.33. The quantitative estimate of drug-likeness (QED) is 0.618. The molecule has 0 amide bonds. The van der Waals surface area contributed by atoms with E-state index < -0.39 is 6.17 Å². The fourth-order valence-corrected chi connectivity index (χ4v) is 3.93. The lowest BCUT2D eigenvalue weighted by Crippen LogP contribution is -2.36. The molecule has 0 radical (unpaired) electrons. The van der Waals surface area contributed by atoms with Crippen molar-refractivity contribution in [1.29, 1.82) is 0 Å². The first-order valence-electron chi connectivity index (χ1n) is 9.22. The van der Waals surface area contributed by atoms with Crippen LogP contribution in [0.1, 0.15) is 41.0 Å². The van der Waals surface area contributed by atoms with E-state index in [0.717, 1.165) is 48.7 Å². The molecule has 0 spiro atoms. The molecule has 2 heterocycles.